The first-order valence-corrected chi connectivity index (χ1v) is 7.33. The maximum atomic E-state index is 3.69. The van der Waals surface area contributed by atoms with Gasteiger partial charge in [0.2, 0.25) is 0 Å². The molecule has 1 saturated heterocycles. The Morgan fingerprint density at radius 1 is 1.24 bits per heavy atom. The summed E-state index contributed by atoms with van der Waals surface area (Å²) in [5.74, 6) is 0. The van der Waals surface area contributed by atoms with E-state index in [0.717, 1.165) is 6.54 Å². The Hall–Kier alpha value is -0.120. The third kappa shape index (κ3) is 5.36. The Morgan fingerprint density at radius 3 is 2.59 bits per heavy atom. The fourth-order valence-electron chi connectivity index (χ4n) is 2.69. The van der Waals surface area contributed by atoms with Gasteiger partial charge in [-0.05, 0) is 33.4 Å². The zero-order valence-corrected chi connectivity index (χ0v) is 12.2. The summed E-state index contributed by atoms with van der Waals surface area (Å²) in [6.45, 7) is 12.9. The molecule has 1 heterocycles. The lowest BCUT2D eigenvalue weighted by Gasteiger charge is -2.40. The predicted molar refractivity (Wildman–Crippen MR) is 75.5 cm³/mol. The molecular formula is C14H31N3. The molecule has 0 amide bonds. The summed E-state index contributed by atoms with van der Waals surface area (Å²) in [6.07, 6.45) is 3.82. The van der Waals surface area contributed by atoms with Gasteiger partial charge in [-0.3, -0.25) is 4.90 Å². The van der Waals surface area contributed by atoms with Gasteiger partial charge in [-0.1, -0.05) is 20.3 Å². The lowest BCUT2D eigenvalue weighted by Crippen LogP contribution is -2.54. The molecule has 0 aromatic rings. The molecule has 0 aliphatic carbocycles. The topological polar surface area (TPSA) is 18.5 Å². The first-order chi connectivity index (χ1) is 8.17. The molecule has 17 heavy (non-hydrogen) atoms. The van der Waals surface area contributed by atoms with E-state index in [4.69, 9.17) is 0 Å². The molecule has 0 saturated carbocycles. The van der Waals surface area contributed by atoms with Gasteiger partial charge in [0.1, 0.15) is 0 Å². The fourth-order valence-corrected chi connectivity index (χ4v) is 2.69. The van der Waals surface area contributed by atoms with E-state index in [2.05, 4.69) is 42.9 Å². The summed E-state index contributed by atoms with van der Waals surface area (Å²) in [6, 6.07) is 1.39. The maximum absolute atomic E-state index is 3.69. The van der Waals surface area contributed by atoms with Crippen LogP contribution in [0, 0.1) is 0 Å². The maximum Gasteiger partial charge on any atom is 0.0195 e. The van der Waals surface area contributed by atoms with Crippen molar-refractivity contribution in [1.82, 2.24) is 15.1 Å². The van der Waals surface area contributed by atoms with E-state index in [1.165, 1.54) is 45.4 Å². The first-order valence-electron chi connectivity index (χ1n) is 7.33. The van der Waals surface area contributed by atoms with Crippen molar-refractivity contribution in [1.29, 1.82) is 0 Å². The first kappa shape index (κ1) is 14.9. The van der Waals surface area contributed by atoms with Crippen molar-refractivity contribution in [3.05, 3.63) is 0 Å². The van der Waals surface area contributed by atoms with Crippen LogP contribution in [0.2, 0.25) is 0 Å². The highest BCUT2D eigenvalue weighted by atomic mass is 15.3. The zero-order chi connectivity index (χ0) is 12.7. The summed E-state index contributed by atoms with van der Waals surface area (Å²) in [5.41, 5.74) is 0. The summed E-state index contributed by atoms with van der Waals surface area (Å²) in [4.78, 5) is 5.10. The van der Waals surface area contributed by atoms with E-state index >= 15 is 0 Å². The summed E-state index contributed by atoms with van der Waals surface area (Å²) >= 11 is 0. The molecular weight excluding hydrogens is 210 g/mol. The van der Waals surface area contributed by atoms with Crippen LogP contribution in [-0.2, 0) is 0 Å². The average molecular weight is 241 g/mol. The molecule has 0 aromatic carbocycles. The van der Waals surface area contributed by atoms with Crippen molar-refractivity contribution in [3.8, 4) is 0 Å². The fraction of sp³-hybridized carbons (Fsp3) is 1.00. The van der Waals surface area contributed by atoms with E-state index in [0.29, 0.717) is 12.1 Å². The highest BCUT2D eigenvalue weighted by Gasteiger charge is 2.23. The van der Waals surface area contributed by atoms with Crippen LogP contribution >= 0.6 is 0 Å². The minimum atomic E-state index is 0.686. The number of nitrogens with one attached hydrogen (secondary N) is 1. The van der Waals surface area contributed by atoms with Gasteiger partial charge >= 0.3 is 0 Å². The Kier molecular flexibility index (Phi) is 7.09. The second kappa shape index (κ2) is 8.06. The normalized spacial score (nSPS) is 25.1. The molecule has 0 spiro atoms. The number of hydrogen-bond acceptors (Lipinski definition) is 3. The highest BCUT2D eigenvalue weighted by molar-refractivity contribution is 4.81. The van der Waals surface area contributed by atoms with Crippen LogP contribution in [0.5, 0.6) is 0 Å². The van der Waals surface area contributed by atoms with Gasteiger partial charge in [0.25, 0.3) is 0 Å². The molecule has 2 atom stereocenters. The summed E-state index contributed by atoms with van der Waals surface area (Å²) < 4.78 is 0. The van der Waals surface area contributed by atoms with Crippen LogP contribution in [0.4, 0.5) is 0 Å². The number of rotatable bonds is 7. The minimum Gasteiger partial charge on any atom is -0.313 e. The van der Waals surface area contributed by atoms with Crippen LogP contribution < -0.4 is 5.32 Å². The molecule has 0 radical (unpaired) electrons. The molecule has 0 bridgehead atoms. The standard InChI is InChI=1S/C14H31N3/c1-5-7-14(15-8-6-2)12-17-10-9-16(4)11-13(17)3/h13-15H,5-12H2,1-4H3. The molecule has 1 fully saturated rings. The van der Waals surface area contributed by atoms with E-state index in [-0.39, 0.29) is 0 Å². The Balaban J connectivity index is 2.37. The van der Waals surface area contributed by atoms with Crippen molar-refractivity contribution in [2.45, 2.75) is 52.1 Å². The van der Waals surface area contributed by atoms with E-state index in [1.807, 2.05) is 0 Å². The lowest BCUT2D eigenvalue weighted by atomic mass is 10.1. The molecule has 1 rings (SSSR count). The van der Waals surface area contributed by atoms with Gasteiger partial charge in [-0.15, -0.1) is 0 Å². The molecule has 3 heteroatoms. The van der Waals surface area contributed by atoms with Crippen molar-refractivity contribution in [3.63, 3.8) is 0 Å². The van der Waals surface area contributed by atoms with Crippen LogP contribution in [0.15, 0.2) is 0 Å². The lowest BCUT2D eigenvalue weighted by molar-refractivity contribution is 0.0892. The van der Waals surface area contributed by atoms with Gasteiger partial charge in [-0.2, -0.15) is 0 Å². The Labute approximate surface area is 108 Å². The number of piperazine rings is 1. The van der Waals surface area contributed by atoms with Crippen molar-refractivity contribution >= 4 is 0 Å². The van der Waals surface area contributed by atoms with Gasteiger partial charge in [0.15, 0.2) is 0 Å². The third-order valence-electron chi connectivity index (χ3n) is 3.74. The molecule has 1 aliphatic rings. The van der Waals surface area contributed by atoms with Gasteiger partial charge in [0.05, 0.1) is 0 Å². The van der Waals surface area contributed by atoms with Crippen LogP contribution in [-0.4, -0.2) is 61.7 Å². The predicted octanol–water partition coefficient (Wildman–Crippen LogP) is 1.79. The Bertz CT molecular complexity index is 196. The van der Waals surface area contributed by atoms with Crippen LogP contribution in [0.1, 0.15) is 40.0 Å². The van der Waals surface area contributed by atoms with Crippen molar-refractivity contribution in [2.75, 3.05) is 39.8 Å². The molecule has 3 nitrogen and oxygen atoms in total. The second-order valence-corrected chi connectivity index (χ2v) is 5.55. The SMILES string of the molecule is CCCNC(CCC)CN1CCN(C)CC1C. The van der Waals surface area contributed by atoms with Crippen LogP contribution in [0.3, 0.4) is 0 Å². The van der Waals surface area contributed by atoms with E-state index < -0.39 is 0 Å². The smallest absolute Gasteiger partial charge is 0.0195 e. The summed E-state index contributed by atoms with van der Waals surface area (Å²) in [7, 11) is 2.23. The molecule has 2 unspecified atom stereocenters. The van der Waals surface area contributed by atoms with Gasteiger partial charge in [0, 0.05) is 38.3 Å². The third-order valence-corrected chi connectivity index (χ3v) is 3.74. The average Bonchev–Trinajstić information content (AvgIpc) is 2.29. The van der Waals surface area contributed by atoms with Crippen LogP contribution in [0.25, 0.3) is 0 Å². The monoisotopic (exact) mass is 241 g/mol. The summed E-state index contributed by atoms with van der Waals surface area (Å²) in [5, 5.41) is 3.69. The minimum absolute atomic E-state index is 0.686. The second-order valence-electron chi connectivity index (χ2n) is 5.55. The zero-order valence-electron chi connectivity index (χ0n) is 12.2. The molecule has 0 aromatic heterocycles. The highest BCUT2D eigenvalue weighted by Crippen LogP contribution is 2.10. The largest absolute Gasteiger partial charge is 0.313 e. The van der Waals surface area contributed by atoms with Crippen molar-refractivity contribution < 1.29 is 0 Å². The van der Waals surface area contributed by atoms with Crippen molar-refractivity contribution in [2.24, 2.45) is 0 Å². The number of nitrogens with zero attached hydrogens (tertiary/aromatic N) is 2. The van der Waals surface area contributed by atoms with Gasteiger partial charge < -0.3 is 10.2 Å². The van der Waals surface area contributed by atoms with Gasteiger partial charge in [-0.25, -0.2) is 0 Å². The van der Waals surface area contributed by atoms with E-state index in [9.17, 15) is 0 Å². The molecule has 1 aliphatic heterocycles. The number of likely N-dealkylation sites (N-methyl/N-ethyl adjacent to an activating group) is 1. The number of hydrogen-bond donors (Lipinski definition) is 1. The van der Waals surface area contributed by atoms with E-state index in [1.54, 1.807) is 0 Å². The Morgan fingerprint density at radius 2 is 2.00 bits per heavy atom. The molecule has 102 valence electrons. The quantitative estimate of drug-likeness (QED) is 0.733. The molecule has 1 N–H and O–H groups in total.